The van der Waals surface area contributed by atoms with Crippen LogP contribution in [0.2, 0.25) is 0 Å². The molecule has 4 rings (SSSR count). The van der Waals surface area contributed by atoms with Gasteiger partial charge in [-0.15, -0.1) is 0 Å². The molecule has 1 fully saturated rings. The lowest BCUT2D eigenvalue weighted by atomic mass is 9.96. The van der Waals surface area contributed by atoms with Crippen LogP contribution in [0.15, 0.2) is 59.0 Å². The molecule has 0 saturated carbocycles. The fraction of sp³-hybridized carbons (Fsp3) is 0.400. The van der Waals surface area contributed by atoms with Gasteiger partial charge in [0.25, 0.3) is 0 Å². The number of oxazole rings is 1. The zero-order valence-electron chi connectivity index (χ0n) is 19.6. The first-order chi connectivity index (χ1) is 16.8. The second-order valence-electron chi connectivity index (χ2n) is 8.80. The smallest absolute Gasteiger partial charge is 0.408 e. The van der Waals surface area contributed by atoms with Crippen LogP contribution in [0, 0.1) is 0 Å². The number of hydrogen-bond acceptors (Lipinski definition) is 7. The molecular formula is C25H29N3O6S. The van der Waals surface area contributed by atoms with Crippen molar-refractivity contribution in [1.29, 1.82) is 0 Å². The summed E-state index contributed by atoms with van der Waals surface area (Å²) in [4.78, 5) is 31.8. The third kappa shape index (κ3) is 6.82. The molecule has 1 aromatic heterocycles. The molecular weight excluding hydrogens is 470 g/mol. The highest BCUT2D eigenvalue weighted by molar-refractivity contribution is 7.90. The van der Waals surface area contributed by atoms with Gasteiger partial charge in [-0.3, -0.25) is 4.79 Å². The minimum Gasteiger partial charge on any atom is -0.445 e. The number of fused-ring (bicyclic) bond motifs is 1. The van der Waals surface area contributed by atoms with Crippen molar-refractivity contribution >= 4 is 32.9 Å². The Morgan fingerprint density at radius 3 is 2.49 bits per heavy atom. The van der Waals surface area contributed by atoms with Gasteiger partial charge in [0, 0.05) is 25.3 Å². The van der Waals surface area contributed by atoms with Crippen LogP contribution in [-0.4, -0.2) is 61.4 Å². The summed E-state index contributed by atoms with van der Waals surface area (Å²) < 4.78 is 34.6. The van der Waals surface area contributed by atoms with Gasteiger partial charge < -0.3 is 19.4 Å². The van der Waals surface area contributed by atoms with Crippen molar-refractivity contribution < 1.29 is 27.2 Å². The molecule has 2 aromatic carbocycles. The molecule has 1 saturated heterocycles. The van der Waals surface area contributed by atoms with E-state index in [0.717, 1.165) is 22.9 Å². The van der Waals surface area contributed by atoms with E-state index in [1.807, 2.05) is 54.6 Å². The molecule has 186 valence electrons. The van der Waals surface area contributed by atoms with Crippen LogP contribution >= 0.6 is 0 Å². The zero-order valence-corrected chi connectivity index (χ0v) is 20.4. The SMILES string of the molecule is CS(=O)(=O)CC[C@@H](NC(=O)OCc1ccccc1)C(=O)N1CCC(c2nc3ccccc3o2)CC1. The maximum absolute atomic E-state index is 13.2. The van der Waals surface area contributed by atoms with Gasteiger partial charge in [-0.05, 0) is 37.0 Å². The maximum Gasteiger partial charge on any atom is 0.408 e. The number of carbonyl (C=O) groups excluding carboxylic acids is 2. The molecule has 3 aromatic rings. The van der Waals surface area contributed by atoms with Crippen molar-refractivity contribution in [3.63, 3.8) is 0 Å². The fourth-order valence-electron chi connectivity index (χ4n) is 4.13. The van der Waals surface area contributed by atoms with Gasteiger partial charge in [-0.1, -0.05) is 42.5 Å². The lowest BCUT2D eigenvalue weighted by molar-refractivity contribution is -0.134. The van der Waals surface area contributed by atoms with Gasteiger partial charge in [0.1, 0.15) is 28.0 Å². The van der Waals surface area contributed by atoms with Crippen LogP contribution in [0.1, 0.15) is 36.6 Å². The molecule has 1 atom stereocenters. The third-order valence-corrected chi connectivity index (χ3v) is 7.02. The van der Waals surface area contributed by atoms with E-state index in [4.69, 9.17) is 9.15 Å². The van der Waals surface area contributed by atoms with Gasteiger partial charge in [-0.25, -0.2) is 18.2 Å². The molecule has 1 N–H and O–H groups in total. The van der Waals surface area contributed by atoms with Crippen molar-refractivity contribution in [2.75, 3.05) is 25.1 Å². The molecule has 0 spiro atoms. The molecule has 2 heterocycles. The van der Waals surface area contributed by atoms with E-state index in [2.05, 4.69) is 10.3 Å². The van der Waals surface area contributed by atoms with Crippen molar-refractivity contribution in [3.05, 3.63) is 66.1 Å². The number of aromatic nitrogens is 1. The quantitative estimate of drug-likeness (QED) is 0.505. The van der Waals surface area contributed by atoms with Crippen LogP contribution in [0.25, 0.3) is 11.1 Å². The lowest BCUT2D eigenvalue weighted by Crippen LogP contribution is -2.51. The normalized spacial score (nSPS) is 15.6. The molecule has 0 aliphatic carbocycles. The lowest BCUT2D eigenvalue weighted by Gasteiger charge is -2.33. The monoisotopic (exact) mass is 499 g/mol. The Morgan fingerprint density at radius 1 is 1.11 bits per heavy atom. The van der Waals surface area contributed by atoms with Crippen molar-refractivity contribution in [1.82, 2.24) is 15.2 Å². The number of para-hydroxylation sites is 2. The van der Waals surface area contributed by atoms with E-state index in [1.54, 1.807) is 4.90 Å². The number of ether oxygens (including phenoxy) is 1. The highest BCUT2D eigenvalue weighted by atomic mass is 32.2. The first-order valence-electron chi connectivity index (χ1n) is 11.6. The van der Waals surface area contributed by atoms with Gasteiger partial charge >= 0.3 is 6.09 Å². The Hall–Kier alpha value is -3.40. The van der Waals surface area contributed by atoms with Crippen LogP contribution in [0.4, 0.5) is 4.79 Å². The Bertz CT molecular complexity index is 1230. The standard InChI is InChI=1S/C25H29N3O6S/c1-35(31,32)16-13-21(27-25(30)33-17-18-7-3-2-4-8-18)24(29)28-14-11-19(12-15-28)23-26-20-9-5-6-10-22(20)34-23/h2-10,19,21H,11-17H2,1H3,(H,27,30)/t21-/m1/s1. The van der Waals surface area contributed by atoms with Crippen LogP contribution < -0.4 is 5.32 Å². The predicted octanol–water partition coefficient (Wildman–Crippen LogP) is 3.26. The second-order valence-corrected chi connectivity index (χ2v) is 11.1. The summed E-state index contributed by atoms with van der Waals surface area (Å²) in [6.45, 7) is 0.965. The Kier molecular flexibility index (Phi) is 7.70. The summed E-state index contributed by atoms with van der Waals surface area (Å²) in [6.07, 6.45) is 1.64. The summed E-state index contributed by atoms with van der Waals surface area (Å²) in [5.41, 5.74) is 2.35. The third-order valence-electron chi connectivity index (χ3n) is 6.05. The summed E-state index contributed by atoms with van der Waals surface area (Å²) in [5, 5.41) is 2.57. The maximum atomic E-state index is 13.2. The Labute approximate surface area is 204 Å². The number of hydrogen-bond donors (Lipinski definition) is 1. The average Bonchev–Trinajstić information content (AvgIpc) is 3.29. The molecule has 1 aliphatic heterocycles. The molecule has 9 nitrogen and oxygen atoms in total. The van der Waals surface area contributed by atoms with Crippen molar-refractivity contribution in [2.24, 2.45) is 0 Å². The minimum absolute atomic E-state index is 0.0246. The summed E-state index contributed by atoms with van der Waals surface area (Å²) in [7, 11) is -3.32. The number of likely N-dealkylation sites (tertiary alicyclic amines) is 1. The number of sulfone groups is 1. The Morgan fingerprint density at radius 2 is 1.80 bits per heavy atom. The van der Waals surface area contributed by atoms with Crippen LogP contribution in [-0.2, 0) is 26.0 Å². The minimum atomic E-state index is -3.32. The van der Waals surface area contributed by atoms with Gasteiger partial charge in [0.2, 0.25) is 5.91 Å². The first-order valence-corrected chi connectivity index (χ1v) is 13.6. The number of rotatable bonds is 8. The molecule has 0 bridgehead atoms. The number of amides is 2. The predicted molar refractivity (Wildman–Crippen MR) is 130 cm³/mol. The van der Waals surface area contributed by atoms with Crippen molar-refractivity contribution in [3.8, 4) is 0 Å². The number of benzene rings is 2. The van der Waals surface area contributed by atoms with E-state index in [-0.39, 0.29) is 30.6 Å². The van der Waals surface area contributed by atoms with E-state index >= 15 is 0 Å². The van der Waals surface area contributed by atoms with Gasteiger partial charge in [-0.2, -0.15) is 0 Å². The zero-order chi connectivity index (χ0) is 24.8. The number of nitrogens with zero attached hydrogens (tertiary/aromatic N) is 2. The second kappa shape index (κ2) is 10.9. The summed E-state index contributed by atoms with van der Waals surface area (Å²) >= 11 is 0. The number of carbonyl (C=O) groups is 2. The largest absolute Gasteiger partial charge is 0.445 e. The molecule has 1 aliphatic rings. The molecule has 10 heteroatoms. The number of nitrogens with one attached hydrogen (secondary N) is 1. The first kappa shape index (κ1) is 24.7. The average molecular weight is 500 g/mol. The topological polar surface area (TPSA) is 119 Å². The molecule has 0 radical (unpaired) electrons. The highest BCUT2D eigenvalue weighted by Gasteiger charge is 2.32. The summed E-state index contributed by atoms with van der Waals surface area (Å²) in [6, 6.07) is 15.7. The van der Waals surface area contributed by atoms with E-state index < -0.39 is 22.0 Å². The van der Waals surface area contributed by atoms with E-state index in [9.17, 15) is 18.0 Å². The number of alkyl carbamates (subject to hydrolysis) is 1. The highest BCUT2D eigenvalue weighted by Crippen LogP contribution is 2.30. The van der Waals surface area contributed by atoms with Crippen LogP contribution in [0.3, 0.4) is 0 Å². The fourth-order valence-corrected chi connectivity index (χ4v) is 4.79. The molecule has 0 unspecified atom stereocenters. The van der Waals surface area contributed by atoms with Gasteiger partial charge in [0.15, 0.2) is 11.5 Å². The number of piperidine rings is 1. The van der Waals surface area contributed by atoms with E-state index in [0.29, 0.717) is 31.8 Å². The van der Waals surface area contributed by atoms with Crippen LogP contribution in [0.5, 0.6) is 0 Å². The Balaban J connectivity index is 1.36. The van der Waals surface area contributed by atoms with E-state index in [1.165, 1.54) is 0 Å². The molecule has 35 heavy (non-hydrogen) atoms. The molecule has 2 amide bonds. The van der Waals surface area contributed by atoms with Crippen molar-refractivity contribution in [2.45, 2.75) is 37.8 Å². The summed E-state index contributed by atoms with van der Waals surface area (Å²) in [5.74, 6) is 0.211. The van der Waals surface area contributed by atoms with Gasteiger partial charge in [0.05, 0.1) is 5.75 Å².